The van der Waals surface area contributed by atoms with Crippen molar-refractivity contribution in [3.05, 3.63) is 59.7 Å². The molecule has 0 radical (unpaired) electrons. The summed E-state index contributed by atoms with van der Waals surface area (Å²) in [6, 6.07) is 12.7. The Bertz CT molecular complexity index is 894. The molecule has 2 aromatic rings. The van der Waals surface area contributed by atoms with Crippen molar-refractivity contribution >= 4 is 23.4 Å². The van der Waals surface area contributed by atoms with E-state index in [-0.39, 0.29) is 23.3 Å². The highest BCUT2D eigenvalue weighted by molar-refractivity contribution is 6.09. The summed E-state index contributed by atoms with van der Waals surface area (Å²) in [7, 11) is 1.55. The van der Waals surface area contributed by atoms with Crippen LogP contribution in [0.2, 0.25) is 0 Å². The van der Waals surface area contributed by atoms with Crippen LogP contribution in [0.15, 0.2) is 48.5 Å². The van der Waals surface area contributed by atoms with Gasteiger partial charge in [0, 0.05) is 12.1 Å². The zero-order chi connectivity index (χ0) is 22.8. The Hall–Kier alpha value is -3.35. The van der Waals surface area contributed by atoms with Crippen LogP contribution in [0, 0.1) is 5.92 Å². The molecule has 0 spiro atoms. The van der Waals surface area contributed by atoms with Gasteiger partial charge in [-0.3, -0.25) is 14.4 Å². The lowest BCUT2D eigenvalue weighted by Gasteiger charge is -2.22. The molecular formula is C24H31N3O4. The Labute approximate surface area is 183 Å². The van der Waals surface area contributed by atoms with Gasteiger partial charge in [0.05, 0.1) is 18.4 Å². The molecule has 3 N–H and O–H groups in total. The van der Waals surface area contributed by atoms with Gasteiger partial charge in [0.1, 0.15) is 11.8 Å². The van der Waals surface area contributed by atoms with Crippen molar-refractivity contribution in [1.82, 2.24) is 10.6 Å². The molecule has 7 nitrogen and oxygen atoms in total. The summed E-state index contributed by atoms with van der Waals surface area (Å²) in [5, 5.41) is 8.45. The molecule has 0 aliphatic heterocycles. The number of ether oxygens (including phenoxy) is 1. The van der Waals surface area contributed by atoms with Crippen molar-refractivity contribution in [3.63, 3.8) is 0 Å². The van der Waals surface area contributed by atoms with Gasteiger partial charge in [0.25, 0.3) is 11.8 Å². The first-order valence-electron chi connectivity index (χ1n) is 10.5. The van der Waals surface area contributed by atoms with Gasteiger partial charge in [-0.2, -0.15) is 0 Å². The van der Waals surface area contributed by atoms with E-state index in [1.165, 1.54) is 0 Å². The minimum absolute atomic E-state index is 0.0911. The molecule has 0 aliphatic carbocycles. The molecule has 0 fully saturated rings. The molecule has 31 heavy (non-hydrogen) atoms. The molecule has 0 saturated carbocycles. The topological polar surface area (TPSA) is 96.5 Å². The number of carbonyl (C=O) groups excluding carboxylic acids is 3. The summed E-state index contributed by atoms with van der Waals surface area (Å²) in [6.45, 7) is 6.37. The summed E-state index contributed by atoms with van der Waals surface area (Å²) >= 11 is 0. The summed E-state index contributed by atoms with van der Waals surface area (Å²) in [4.78, 5) is 38.1. The number of anilines is 1. The monoisotopic (exact) mass is 425 g/mol. The van der Waals surface area contributed by atoms with Crippen molar-refractivity contribution in [2.75, 3.05) is 19.0 Å². The van der Waals surface area contributed by atoms with Gasteiger partial charge in [-0.1, -0.05) is 39.3 Å². The van der Waals surface area contributed by atoms with Crippen LogP contribution in [-0.2, 0) is 4.79 Å². The van der Waals surface area contributed by atoms with E-state index in [0.29, 0.717) is 23.5 Å². The Morgan fingerprint density at radius 3 is 2.26 bits per heavy atom. The van der Waals surface area contributed by atoms with Gasteiger partial charge in [-0.25, -0.2) is 0 Å². The Morgan fingerprint density at radius 2 is 1.65 bits per heavy atom. The molecule has 2 rings (SSSR count). The minimum atomic E-state index is -0.672. The average Bonchev–Trinajstić information content (AvgIpc) is 2.77. The third kappa shape index (κ3) is 6.84. The summed E-state index contributed by atoms with van der Waals surface area (Å²) in [6.07, 6.45) is 1.85. The van der Waals surface area contributed by atoms with Gasteiger partial charge >= 0.3 is 0 Å². The second kappa shape index (κ2) is 11.7. The van der Waals surface area contributed by atoms with Crippen molar-refractivity contribution in [2.45, 2.75) is 39.7 Å². The van der Waals surface area contributed by atoms with Crippen LogP contribution in [0.3, 0.4) is 0 Å². The molecule has 1 unspecified atom stereocenters. The number of nitrogens with one attached hydrogen (secondary N) is 3. The Balaban J connectivity index is 2.14. The first-order valence-corrected chi connectivity index (χ1v) is 10.5. The lowest BCUT2D eigenvalue weighted by Crippen LogP contribution is -2.50. The zero-order valence-electron chi connectivity index (χ0n) is 18.5. The maximum atomic E-state index is 13.0. The number of amides is 3. The normalized spacial score (nSPS) is 11.5. The second-order valence-corrected chi connectivity index (χ2v) is 7.57. The molecule has 7 heteroatoms. The van der Waals surface area contributed by atoms with Crippen LogP contribution < -0.4 is 20.7 Å². The van der Waals surface area contributed by atoms with E-state index in [1.807, 2.05) is 20.8 Å². The molecule has 1 atom stereocenters. The van der Waals surface area contributed by atoms with Crippen molar-refractivity contribution in [1.29, 1.82) is 0 Å². The number of unbranched alkanes of at least 4 members (excludes halogenated alkanes) is 1. The third-order valence-corrected chi connectivity index (χ3v) is 4.84. The van der Waals surface area contributed by atoms with Crippen LogP contribution in [0.5, 0.6) is 5.75 Å². The van der Waals surface area contributed by atoms with Crippen LogP contribution in [-0.4, -0.2) is 37.4 Å². The number of hydrogen-bond acceptors (Lipinski definition) is 4. The van der Waals surface area contributed by atoms with Gasteiger partial charge in [0.15, 0.2) is 0 Å². The number of rotatable bonds is 10. The minimum Gasteiger partial charge on any atom is -0.497 e. The molecule has 3 amide bonds. The molecule has 0 aromatic heterocycles. The lowest BCUT2D eigenvalue weighted by atomic mass is 10.0. The Kier molecular flexibility index (Phi) is 9.06. The fourth-order valence-corrected chi connectivity index (χ4v) is 2.98. The summed E-state index contributed by atoms with van der Waals surface area (Å²) in [5.41, 5.74) is 1.09. The first kappa shape index (κ1) is 23.9. The SMILES string of the molecule is CCCCNC(=O)C(NC(=O)c1ccccc1NC(=O)c1ccc(OC)cc1)C(C)C. The largest absolute Gasteiger partial charge is 0.497 e. The molecule has 166 valence electrons. The predicted octanol–water partition coefficient (Wildman–Crippen LogP) is 3.62. The highest BCUT2D eigenvalue weighted by Crippen LogP contribution is 2.18. The fourth-order valence-electron chi connectivity index (χ4n) is 2.98. The zero-order valence-corrected chi connectivity index (χ0v) is 18.5. The van der Waals surface area contributed by atoms with E-state index >= 15 is 0 Å². The molecule has 0 heterocycles. The predicted molar refractivity (Wildman–Crippen MR) is 121 cm³/mol. The van der Waals surface area contributed by atoms with Crippen LogP contribution in [0.4, 0.5) is 5.69 Å². The van der Waals surface area contributed by atoms with E-state index in [4.69, 9.17) is 4.74 Å². The summed E-state index contributed by atoms with van der Waals surface area (Å²) < 4.78 is 5.11. The molecule has 0 saturated heterocycles. The third-order valence-electron chi connectivity index (χ3n) is 4.84. The average molecular weight is 426 g/mol. The van der Waals surface area contributed by atoms with Crippen LogP contribution in [0.1, 0.15) is 54.3 Å². The van der Waals surface area contributed by atoms with Gasteiger partial charge in [0.2, 0.25) is 5.91 Å². The first-order chi connectivity index (χ1) is 14.9. The molecule has 0 bridgehead atoms. The van der Waals surface area contributed by atoms with Crippen molar-refractivity contribution < 1.29 is 19.1 Å². The summed E-state index contributed by atoms with van der Waals surface area (Å²) in [5.74, 6) is -0.424. The van der Waals surface area contributed by atoms with Gasteiger partial charge in [-0.05, 0) is 48.7 Å². The lowest BCUT2D eigenvalue weighted by molar-refractivity contribution is -0.123. The highest BCUT2D eigenvalue weighted by atomic mass is 16.5. The quantitative estimate of drug-likeness (QED) is 0.507. The number of methoxy groups -OCH3 is 1. The van der Waals surface area contributed by atoms with Crippen LogP contribution in [0.25, 0.3) is 0 Å². The maximum Gasteiger partial charge on any atom is 0.255 e. The maximum absolute atomic E-state index is 13.0. The highest BCUT2D eigenvalue weighted by Gasteiger charge is 2.25. The smallest absolute Gasteiger partial charge is 0.255 e. The van der Waals surface area contributed by atoms with E-state index < -0.39 is 11.9 Å². The van der Waals surface area contributed by atoms with Crippen molar-refractivity contribution in [3.8, 4) is 5.75 Å². The van der Waals surface area contributed by atoms with Gasteiger partial charge < -0.3 is 20.7 Å². The number of para-hydroxylation sites is 1. The second-order valence-electron chi connectivity index (χ2n) is 7.57. The van der Waals surface area contributed by atoms with E-state index in [2.05, 4.69) is 16.0 Å². The molecule has 2 aromatic carbocycles. The standard InChI is InChI=1S/C24H31N3O4/c1-5-6-15-25-24(30)21(16(2)3)27-23(29)19-9-7-8-10-20(19)26-22(28)17-11-13-18(31-4)14-12-17/h7-14,16,21H,5-6,15H2,1-4H3,(H,25,30)(H,26,28)(H,27,29). The van der Waals surface area contributed by atoms with Crippen molar-refractivity contribution in [2.24, 2.45) is 5.92 Å². The molecular weight excluding hydrogens is 394 g/mol. The fraction of sp³-hybridized carbons (Fsp3) is 0.375. The van der Waals surface area contributed by atoms with E-state index in [9.17, 15) is 14.4 Å². The number of hydrogen-bond donors (Lipinski definition) is 3. The van der Waals surface area contributed by atoms with Crippen LogP contribution >= 0.6 is 0 Å². The number of benzene rings is 2. The van der Waals surface area contributed by atoms with E-state index in [0.717, 1.165) is 12.8 Å². The Morgan fingerprint density at radius 1 is 0.968 bits per heavy atom. The van der Waals surface area contributed by atoms with E-state index in [1.54, 1.807) is 55.6 Å². The molecule has 0 aliphatic rings. The number of carbonyl (C=O) groups is 3. The van der Waals surface area contributed by atoms with Gasteiger partial charge in [-0.15, -0.1) is 0 Å².